The van der Waals surface area contributed by atoms with E-state index in [9.17, 15) is 5.11 Å². The van der Waals surface area contributed by atoms with Crippen LogP contribution in [0, 0.1) is 5.92 Å². The number of aliphatic hydroxyl groups excluding tert-OH is 1. The van der Waals surface area contributed by atoms with Crippen LogP contribution in [-0.2, 0) is 30.0 Å². The standard InChI is InChI=1S/C38H62O7Si/c1-28(23-29(2)25-34-15-12-14-33(44-34)21-22-43-46(9,10)37(3,4)5)24-31(39)13-11-16-35(36-27-42-38(6,7)45-36)41-26-30-17-19-32(40-8)20-18-30/h11-14,17-20,29,31,33-36,39H,1,15-16,21-27H2,2-10H3/t29-,31?,33-,34-,35+,36-/m0/s1. The lowest BCUT2D eigenvalue weighted by atomic mass is 9.91. The Kier molecular flexibility index (Phi) is 14.8. The third kappa shape index (κ3) is 13.0. The van der Waals surface area contributed by atoms with E-state index in [1.165, 1.54) is 0 Å². The highest BCUT2D eigenvalue weighted by atomic mass is 28.4. The molecular formula is C38H62O7Si. The fraction of sp³-hybridized carbons (Fsp3) is 0.684. The van der Waals surface area contributed by atoms with Gasteiger partial charge < -0.3 is 33.2 Å². The lowest BCUT2D eigenvalue weighted by molar-refractivity contribution is -0.157. The van der Waals surface area contributed by atoms with Crippen LogP contribution in [0.5, 0.6) is 5.75 Å². The number of rotatable bonds is 18. The van der Waals surface area contributed by atoms with Gasteiger partial charge in [-0.1, -0.05) is 76.3 Å². The van der Waals surface area contributed by atoms with E-state index in [-0.39, 0.29) is 29.5 Å². The molecule has 8 heteroatoms. The Labute approximate surface area is 280 Å². The van der Waals surface area contributed by atoms with Crippen LogP contribution in [0.3, 0.4) is 0 Å². The van der Waals surface area contributed by atoms with Crippen molar-refractivity contribution in [2.45, 2.75) is 141 Å². The molecule has 0 amide bonds. The Balaban J connectivity index is 1.41. The van der Waals surface area contributed by atoms with E-state index in [0.29, 0.717) is 32.0 Å². The summed E-state index contributed by atoms with van der Waals surface area (Å²) in [4.78, 5) is 0. The number of hydrogen-bond donors (Lipinski definition) is 1. The Morgan fingerprint density at radius 2 is 1.89 bits per heavy atom. The van der Waals surface area contributed by atoms with Gasteiger partial charge in [-0.2, -0.15) is 0 Å². The van der Waals surface area contributed by atoms with E-state index in [2.05, 4.69) is 59.5 Å². The summed E-state index contributed by atoms with van der Waals surface area (Å²) in [7, 11) is -0.0879. The topological polar surface area (TPSA) is 75.6 Å². The van der Waals surface area contributed by atoms with E-state index in [1.807, 2.05) is 50.3 Å². The second-order valence-electron chi connectivity index (χ2n) is 15.2. The van der Waals surface area contributed by atoms with Crippen LogP contribution in [0.2, 0.25) is 18.1 Å². The average Bonchev–Trinajstić information content (AvgIpc) is 3.33. The summed E-state index contributed by atoms with van der Waals surface area (Å²) >= 11 is 0. The molecule has 7 nitrogen and oxygen atoms in total. The molecule has 3 rings (SSSR count). The Hall–Kier alpha value is -1.78. The Morgan fingerprint density at radius 1 is 1.17 bits per heavy atom. The van der Waals surface area contributed by atoms with Crippen LogP contribution in [0.1, 0.15) is 85.6 Å². The van der Waals surface area contributed by atoms with Crippen LogP contribution < -0.4 is 4.74 Å². The zero-order valence-electron chi connectivity index (χ0n) is 30.1. The van der Waals surface area contributed by atoms with Gasteiger partial charge in [0.2, 0.25) is 0 Å². The molecule has 1 aromatic rings. The molecule has 1 saturated heterocycles. The molecule has 0 spiro atoms. The van der Waals surface area contributed by atoms with Crippen LogP contribution in [0.15, 0.2) is 60.7 Å². The minimum absolute atomic E-state index is 0.113. The van der Waals surface area contributed by atoms with Gasteiger partial charge in [0, 0.05) is 6.61 Å². The van der Waals surface area contributed by atoms with E-state index in [1.54, 1.807) is 7.11 Å². The van der Waals surface area contributed by atoms with Crippen LogP contribution in [0.4, 0.5) is 0 Å². The molecule has 6 atom stereocenters. The van der Waals surface area contributed by atoms with E-state index < -0.39 is 20.2 Å². The Bertz CT molecular complexity index is 1120. The van der Waals surface area contributed by atoms with Gasteiger partial charge >= 0.3 is 0 Å². The van der Waals surface area contributed by atoms with Crippen molar-refractivity contribution in [3.63, 3.8) is 0 Å². The summed E-state index contributed by atoms with van der Waals surface area (Å²) in [5.41, 5.74) is 2.11. The first kappa shape index (κ1) is 38.7. The van der Waals surface area contributed by atoms with Crippen molar-refractivity contribution >= 4 is 8.32 Å². The molecule has 1 fully saturated rings. The highest BCUT2D eigenvalue weighted by molar-refractivity contribution is 6.74. The van der Waals surface area contributed by atoms with Crippen molar-refractivity contribution in [3.8, 4) is 5.75 Å². The number of benzene rings is 1. The lowest BCUT2D eigenvalue weighted by Gasteiger charge is -2.36. The quantitative estimate of drug-likeness (QED) is 0.125. The average molecular weight is 659 g/mol. The van der Waals surface area contributed by atoms with E-state index in [0.717, 1.165) is 49.2 Å². The fourth-order valence-electron chi connectivity index (χ4n) is 5.69. The first-order valence-electron chi connectivity index (χ1n) is 17.1. The van der Waals surface area contributed by atoms with Crippen molar-refractivity contribution in [1.82, 2.24) is 0 Å². The molecule has 0 bridgehead atoms. The number of hydrogen-bond acceptors (Lipinski definition) is 7. The van der Waals surface area contributed by atoms with Crippen molar-refractivity contribution in [1.29, 1.82) is 0 Å². The number of ether oxygens (including phenoxy) is 5. The maximum atomic E-state index is 10.8. The van der Waals surface area contributed by atoms with E-state index in [4.69, 9.17) is 28.1 Å². The molecule has 0 radical (unpaired) electrons. The summed E-state index contributed by atoms with van der Waals surface area (Å²) in [6.45, 7) is 23.5. The predicted octanol–water partition coefficient (Wildman–Crippen LogP) is 8.53. The van der Waals surface area contributed by atoms with Crippen LogP contribution >= 0.6 is 0 Å². The third-order valence-corrected chi connectivity index (χ3v) is 13.9. The fourth-order valence-corrected chi connectivity index (χ4v) is 6.75. The zero-order valence-corrected chi connectivity index (χ0v) is 31.1. The van der Waals surface area contributed by atoms with Gasteiger partial charge in [-0.3, -0.25) is 0 Å². The highest BCUT2D eigenvalue weighted by Crippen LogP contribution is 2.37. The highest BCUT2D eigenvalue weighted by Gasteiger charge is 2.38. The lowest BCUT2D eigenvalue weighted by Crippen LogP contribution is -2.41. The zero-order chi connectivity index (χ0) is 34.0. The Morgan fingerprint density at radius 3 is 2.52 bits per heavy atom. The van der Waals surface area contributed by atoms with Gasteiger partial charge in [0.25, 0.3) is 0 Å². The molecule has 0 aliphatic carbocycles. The molecule has 0 aromatic heterocycles. The minimum Gasteiger partial charge on any atom is -0.497 e. The second-order valence-corrected chi connectivity index (χ2v) is 20.0. The first-order valence-corrected chi connectivity index (χ1v) is 20.0. The van der Waals surface area contributed by atoms with Crippen molar-refractivity contribution in [3.05, 3.63) is 66.3 Å². The van der Waals surface area contributed by atoms with Gasteiger partial charge in [0.05, 0.1) is 44.7 Å². The van der Waals surface area contributed by atoms with Crippen LogP contribution in [0.25, 0.3) is 0 Å². The maximum absolute atomic E-state index is 10.8. The molecule has 1 N–H and O–H groups in total. The second kappa shape index (κ2) is 17.6. The smallest absolute Gasteiger partial charge is 0.191 e. The SMILES string of the molecule is C=C(CC(O)C=CC[C@@H](OCc1ccc(OC)cc1)[C@@H]1COC(C)(C)O1)C[C@H](C)C[C@@H]1CC=C[C@@H](CCO[Si](C)(C)C(C)(C)C)O1. The number of methoxy groups -OCH3 is 1. The van der Waals surface area contributed by atoms with Gasteiger partial charge in [-0.15, -0.1) is 0 Å². The van der Waals surface area contributed by atoms with Crippen molar-refractivity contribution in [2.75, 3.05) is 20.3 Å². The van der Waals surface area contributed by atoms with Crippen molar-refractivity contribution in [2.24, 2.45) is 5.92 Å². The molecule has 2 aliphatic rings. The largest absolute Gasteiger partial charge is 0.497 e. The molecule has 1 aromatic carbocycles. The van der Waals surface area contributed by atoms with Crippen molar-refractivity contribution < 1.29 is 33.2 Å². The maximum Gasteiger partial charge on any atom is 0.191 e. The monoisotopic (exact) mass is 658 g/mol. The summed E-state index contributed by atoms with van der Waals surface area (Å²) in [5, 5.41) is 11.0. The molecule has 2 aliphatic heterocycles. The van der Waals surface area contributed by atoms with Crippen LogP contribution in [-0.4, -0.2) is 70.1 Å². The molecule has 0 saturated carbocycles. The molecule has 260 valence electrons. The summed E-state index contributed by atoms with van der Waals surface area (Å²) in [6.07, 6.45) is 12.4. The molecular weight excluding hydrogens is 596 g/mol. The first-order chi connectivity index (χ1) is 21.6. The van der Waals surface area contributed by atoms with Gasteiger partial charge in [-0.05, 0) is 94.1 Å². The predicted molar refractivity (Wildman–Crippen MR) is 189 cm³/mol. The van der Waals surface area contributed by atoms with Gasteiger partial charge in [0.1, 0.15) is 11.9 Å². The normalized spacial score (nSPS) is 23.8. The summed E-state index contributed by atoms with van der Waals surface area (Å²) in [5.74, 6) is 0.597. The molecule has 1 unspecified atom stereocenters. The van der Waals surface area contributed by atoms with E-state index >= 15 is 0 Å². The number of aliphatic hydroxyl groups is 1. The summed E-state index contributed by atoms with van der Waals surface area (Å²) < 4.78 is 36.3. The minimum atomic E-state index is -1.75. The molecule has 46 heavy (non-hydrogen) atoms. The van der Waals surface area contributed by atoms with Gasteiger partial charge in [0.15, 0.2) is 14.1 Å². The van der Waals surface area contributed by atoms with Gasteiger partial charge in [-0.25, -0.2) is 0 Å². The molecule has 2 heterocycles. The summed E-state index contributed by atoms with van der Waals surface area (Å²) in [6, 6.07) is 7.86. The third-order valence-electron chi connectivity index (χ3n) is 9.38.